The molecule has 0 saturated heterocycles. The summed E-state index contributed by atoms with van der Waals surface area (Å²) in [6.45, 7) is 0. The molecule has 9 heteroatoms. The van der Waals surface area contributed by atoms with Gasteiger partial charge in [0.05, 0.1) is 12.8 Å². The minimum absolute atomic E-state index is 0.186. The molecule has 2 aromatic rings. The first-order valence-corrected chi connectivity index (χ1v) is 7.88. The van der Waals surface area contributed by atoms with Gasteiger partial charge in [-0.15, -0.1) is 0 Å². The standard InChI is InChI=1S/C12H11BrFN3O3S/c1-20-8-2-3-9(14)10(5-8)17-21(18,19)11-4-7(13)6-16-12(11)15/h2-6,17H,1H3,(H2,15,16). The number of aromatic nitrogens is 1. The molecular formula is C12H11BrFN3O3S. The Kier molecular flexibility index (Phi) is 4.33. The van der Waals surface area contributed by atoms with E-state index in [1.54, 1.807) is 0 Å². The van der Waals surface area contributed by atoms with Crippen molar-refractivity contribution in [1.29, 1.82) is 0 Å². The van der Waals surface area contributed by atoms with Gasteiger partial charge in [-0.1, -0.05) is 0 Å². The number of nitrogen functional groups attached to an aromatic ring is 1. The summed E-state index contributed by atoms with van der Waals surface area (Å²) in [6.07, 6.45) is 1.36. The maximum absolute atomic E-state index is 13.7. The van der Waals surface area contributed by atoms with Crippen LogP contribution in [0.15, 0.2) is 39.8 Å². The molecule has 0 spiro atoms. The van der Waals surface area contributed by atoms with E-state index in [9.17, 15) is 12.8 Å². The summed E-state index contributed by atoms with van der Waals surface area (Å²) in [6, 6.07) is 4.98. The molecule has 0 atom stereocenters. The first-order valence-electron chi connectivity index (χ1n) is 5.61. The van der Waals surface area contributed by atoms with Crippen molar-refractivity contribution in [3.63, 3.8) is 0 Å². The fraction of sp³-hybridized carbons (Fsp3) is 0.0833. The van der Waals surface area contributed by atoms with E-state index in [-0.39, 0.29) is 16.4 Å². The molecule has 0 aliphatic heterocycles. The Morgan fingerprint density at radius 3 is 2.76 bits per heavy atom. The second-order valence-electron chi connectivity index (χ2n) is 3.99. The summed E-state index contributed by atoms with van der Waals surface area (Å²) >= 11 is 3.11. The maximum atomic E-state index is 13.7. The van der Waals surface area contributed by atoms with Crippen molar-refractivity contribution >= 4 is 37.5 Å². The van der Waals surface area contributed by atoms with Crippen LogP contribution in [0.3, 0.4) is 0 Å². The van der Waals surface area contributed by atoms with Crippen LogP contribution in [0.1, 0.15) is 0 Å². The first-order chi connectivity index (χ1) is 9.83. The molecule has 1 heterocycles. The van der Waals surface area contributed by atoms with Gasteiger partial charge in [-0.2, -0.15) is 0 Å². The van der Waals surface area contributed by atoms with Crippen LogP contribution < -0.4 is 15.2 Å². The number of hydrogen-bond acceptors (Lipinski definition) is 5. The highest BCUT2D eigenvalue weighted by Crippen LogP contribution is 2.26. The van der Waals surface area contributed by atoms with Crippen LogP contribution in [0.2, 0.25) is 0 Å². The number of sulfonamides is 1. The Bertz CT molecular complexity index is 783. The van der Waals surface area contributed by atoms with Crippen LogP contribution in [0.25, 0.3) is 0 Å². The molecule has 3 N–H and O–H groups in total. The molecule has 0 aliphatic carbocycles. The van der Waals surface area contributed by atoms with Gasteiger partial charge in [0.1, 0.15) is 22.3 Å². The summed E-state index contributed by atoms with van der Waals surface area (Å²) in [5.41, 5.74) is 5.31. The molecular weight excluding hydrogens is 365 g/mol. The lowest BCUT2D eigenvalue weighted by Gasteiger charge is -2.11. The molecule has 0 unspecified atom stereocenters. The molecule has 0 fully saturated rings. The van der Waals surface area contributed by atoms with Crippen molar-refractivity contribution < 1.29 is 17.5 Å². The third-order valence-corrected chi connectivity index (χ3v) is 4.38. The molecule has 1 aromatic carbocycles. The zero-order chi connectivity index (χ0) is 15.6. The van der Waals surface area contributed by atoms with Crippen LogP contribution in [0.5, 0.6) is 5.75 Å². The zero-order valence-electron chi connectivity index (χ0n) is 10.8. The fourth-order valence-corrected chi connectivity index (χ4v) is 3.20. The maximum Gasteiger partial charge on any atom is 0.265 e. The number of nitrogens with one attached hydrogen (secondary N) is 1. The third kappa shape index (κ3) is 3.42. The number of halogens is 2. The van der Waals surface area contributed by atoms with Crippen molar-refractivity contribution in [1.82, 2.24) is 4.98 Å². The number of pyridine rings is 1. The smallest absolute Gasteiger partial charge is 0.265 e. The molecule has 1 aromatic heterocycles. The zero-order valence-corrected chi connectivity index (χ0v) is 13.2. The highest BCUT2D eigenvalue weighted by molar-refractivity contribution is 9.10. The molecule has 112 valence electrons. The predicted octanol–water partition coefficient (Wildman–Crippen LogP) is 2.37. The van der Waals surface area contributed by atoms with Crippen molar-refractivity contribution in [2.24, 2.45) is 0 Å². The number of ether oxygens (including phenoxy) is 1. The van der Waals surface area contributed by atoms with Crippen LogP contribution in [0, 0.1) is 5.82 Å². The molecule has 0 radical (unpaired) electrons. The number of nitrogens with two attached hydrogens (primary N) is 1. The Labute approximate surface area is 129 Å². The van der Waals surface area contributed by atoms with E-state index in [1.165, 1.54) is 31.5 Å². The van der Waals surface area contributed by atoms with Gasteiger partial charge in [-0.3, -0.25) is 4.72 Å². The quantitative estimate of drug-likeness (QED) is 0.855. The van der Waals surface area contributed by atoms with Gasteiger partial charge in [-0.25, -0.2) is 17.8 Å². The van der Waals surface area contributed by atoms with E-state index in [1.807, 2.05) is 0 Å². The van der Waals surface area contributed by atoms with Crippen LogP contribution >= 0.6 is 15.9 Å². The molecule has 21 heavy (non-hydrogen) atoms. The molecule has 2 rings (SSSR count). The second kappa shape index (κ2) is 5.86. The number of nitrogens with zero attached hydrogens (tertiary/aromatic N) is 1. The average molecular weight is 376 g/mol. The van der Waals surface area contributed by atoms with Gasteiger partial charge >= 0.3 is 0 Å². The van der Waals surface area contributed by atoms with E-state index < -0.39 is 15.8 Å². The topological polar surface area (TPSA) is 94.3 Å². The van der Waals surface area contributed by atoms with E-state index in [2.05, 4.69) is 25.6 Å². The fourth-order valence-electron chi connectivity index (χ4n) is 1.56. The van der Waals surface area contributed by atoms with Gasteiger partial charge in [0, 0.05) is 16.7 Å². The first kappa shape index (κ1) is 15.5. The Hall–Kier alpha value is -1.87. The summed E-state index contributed by atoms with van der Waals surface area (Å²) in [4.78, 5) is 3.49. The molecule has 0 bridgehead atoms. The molecule has 6 nitrogen and oxygen atoms in total. The number of hydrogen-bond donors (Lipinski definition) is 2. The van der Waals surface area contributed by atoms with Gasteiger partial charge in [0.15, 0.2) is 0 Å². The Morgan fingerprint density at radius 2 is 2.10 bits per heavy atom. The molecule has 0 saturated carbocycles. The van der Waals surface area contributed by atoms with Crippen molar-refractivity contribution in [2.75, 3.05) is 17.6 Å². The number of anilines is 2. The Morgan fingerprint density at radius 1 is 1.38 bits per heavy atom. The number of rotatable bonds is 4. The summed E-state index contributed by atoms with van der Waals surface area (Å²) in [7, 11) is -2.69. The van der Waals surface area contributed by atoms with Crippen LogP contribution in [-0.2, 0) is 10.0 Å². The third-order valence-electron chi connectivity index (χ3n) is 2.56. The largest absolute Gasteiger partial charge is 0.497 e. The van der Waals surface area contributed by atoms with Crippen LogP contribution in [0.4, 0.5) is 15.9 Å². The highest BCUT2D eigenvalue weighted by Gasteiger charge is 2.21. The van der Waals surface area contributed by atoms with E-state index in [4.69, 9.17) is 10.5 Å². The van der Waals surface area contributed by atoms with Gasteiger partial charge in [0.2, 0.25) is 0 Å². The average Bonchev–Trinajstić information content (AvgIpc) is 2.43. The van der Waals surface area contributed by atoms with E-state index >= 15 is 0 Å². The normalized spacial score (nSPS) is 11.2. The minimum atomic E-state index is -4.08. The number of benzene rings is 1. The van der Waals surface area contributed by atoms with Gasteiger partial charge in [-0.05, 0) is 34.1 Å². The van der Waals surface area contributed by atoms with Crippen molar-refractivity contribution in [2.45, 2.75) is 4.90 Å². The molecule has 0 aliphatic rings. The lowest BCUT2D eigenvalue weighted by molar-refractivity contribution is 0.414. The van der Waals surface area contributed by atoms with Crippen molar-refractivity contribution in [3.8, 4) is 5.75 Å². The van der Waals surface area contributed by atoms with Crippen LogP contribution in [-0.4, -0.2) is 20.5 Å². The van der Waals surface area contributed by atoms with E-state index in [0.29, 0.717) is 10.2 Å². The minimum Gasteiger partial charge on any atom is -0.497 e. The highest BCUT2D eigenvalue weighted by atomic mass is 79.9. The summed E-state index contributed by atoms with van der Waals surface area (Å²) < 4.78 is 45.7. The summed E-state index contributed by atoms with van der Waals surface area (Å²) in [5.74, 6) is -0.607. The van der Waals surface area contributed by atoms with Gasteiger partial charge in [0.25, 0.3) is 10.0 Å². The van der Waals surface area contributed by atoms with Crippen molar-refractivity contribution in [3.05, 3.63) is 40.8 Å². The Balaban J connectivity index is 2.44. The van der Waals surface area contributed by atoms with Gasteiger partial charge < -0.3 is 10.5 Å². The van der Waals surface area contributed by atoms with E-state index in [0.717, 1.165) is 6.07 Å². The summed E-state index contributed by atoms with van der Waals surface area (Å²) in [5, 5.41) is 0. The lowest BCUT2D eigenvalue weighted by atomic mass is 10.3. The second-order valence-corrected chi connectivity index (χ2v) is 6.55. The molecule has 0 amide bonds. The monoisotopic (exact) mass is 375 g/mol. The SMILES string of the molecule is COc1ccc(F)c(NS(=O)(=O)c2cc(Br)cnc2N)c1. The lowest BCUT2D eigenvalue weighted by Crippen LogP contribution is -2.16. The number of methoxy groups -OCH3 is 1. The predicted molar refractivity (Wildman–Crippen MR) is 80.1 cm³/mol.